The second kappa shape index (κ2) is 7.58. The number of hydrogen-bond acceptors (Lipinski definition) is 4. The van der Waals surface area contributed by atoms with Gasteiger partial charge in [0.15, 0.2) is 0 Å². The molecule has 108 valence electrons. The zero-order valence-corrected chi connectivity index (χ0v) is 12.5. The van der Waals surface area contributed by atoms with Crippen molar-refractivity contribution in [3.8, 4) is 11.8 Å². The number of nitrogens with one attached hydrogen (secondary N) is 1. The van der Waals surface area contributed by atoms with Crippen molar-refractivity contribution in [1.82, 2.24) is 10.3 Å². The van der Waals surface area contributed by atoms with Crippen molar-refractivity contribution in [2.45, 2.75) is 19.9 Å². The summed E-state index contributed by atoms with van der Waals surface area (Å²) in [5.41, 5.74) is 2.80. The van der Waals surface area contributed by atoms with Crippen molar-refractivity contribution < 1.29 is 9.90 Å². The maximum Gasteiger partial charge on any atom is 0.262 e. The fourth-order valence-corrected chi connectivity index (χ4v) is 2.50. The molecule has 4 nitrogen and oxygen atoms in total. The van der Waals surface area contributed by atoms with Gasteiger partial charge in [-0.2, -0.15) is 0 Å². The maximum atomic E-state index is 12.2. The molecule has 2 aromatic heterocycles. The van der Waals surface area contributed by atoms with Crippen LogP contribution in [-0.4, -0.2) is 22.6 Å². The number of nitrogens with zero attached hydrogens (tertiary/aromatic N) is 1. The van der Waals surface area contributed by atoms with Crippen molar-refractivity contribution in [1.29, 1.82) is 0 Å². The quantitative estimate of drug-likeness (QED) is 0.850. The van der Waals surface area contributed by atoms with Gasteiger partial charge in [-0.15, -0.1) is 11.3 Å². The number of aliphatic hydroxyl groups is 1. The monoisotopic (exact) mass is 300 g/mol. The van der Waals surface area contributed by atoms with Crippen LogP contribution >= 0.6 is 11.3 Å². The van der Waals surface area contributed by atoms with E-state index in [-0.39, 0.29) is 12.5 Å². The van der Waals surface area contributed by atoms with Gasteiger partial charge in [0.25, 0.3) is 5.91 Å². The van der Waals surface area contributed by atoms with E-state index in [2.05, 4.69) is 22.1 Å². The van der Waals surface area contributed by atoms with Crippen LogP contribution in [0.15, 0.2) is 29.9 Å². The van der Waals surface area contributed by atoms with Gasteiger partial charge in [-0.1, -0.05) is 11.8 Å². The highest BCUT2D eigenvalue weighted by Crippen LogP contribution is 2.16. The van der Waals surface area contributed by atoms with Crippen molar-refractivity contribution in [2.24, 2.45) is 0 Å². The zero-order valence-electron chi connectivity index (χ0n) is 11.7. The Kier molecular flexibility index (Phi) is 5.50. The number of thiophene rings is 1. The molecule has 0 radical (unpaired) electrons. The van der Waals surface area contributed by atoms with Gasteiger partial charge >= 0.3 is 0 Å². The minimum Gasteiger partial charge on any atom is -0.395 e. The van der Waals surface area contributed by atoms with Crippen LogP contribution in [0.2, 0.25) is 0 Å². The number of aliphatic hydroxyl groups excluding tert-OH is 1. The topological polar surface area (TPSA) is 62.2 Å². The number of hydrogen-bond donors (Lipinski definition) is 2. The van der Waals surface area contributed by atoms with Gasteiger partial charge < -0.3 is 10.4 Å². The number of amides is 1. The van der Waals surface area contributed by atoms with Gasteiger partial charge in [-0.3, -0.25) is 9.78 Å². The molecule has 2 aromatic rings. The van der Waals surface area contributed by atoms with Crippen molar-refractivity contribution in [2.75, 3.05) is 6.61 Å². The molecular formula is C16H16N2O2S. The average molecular weight is 300 g/mol. The fraction of sp³-hybridized carbons (Fsp3) is 0.250. The SMILES string of the molecule is Cc1ccncc1CNC(=O)c1sccc1C#CCCO. The lowest BCUT2D eigenvalue weighted by molar-refractivity contribution is 0.0954. The van der Waals surface area contributed by atoms with E-state index in [0.717, 1.165) is 11.1 Å². The highest BCUT2D eigenvalue weighted by Gasteiger charge is 2.12. The van der Waals surface area contributed by atoms with Crippen LogP contribution in [0.4, 0.5) is 0 Å². The van der Waals surface area contributed by atoms with Crippen LogP contribution < -0.4 is 5.32 Å². The van der Waals surface area contributed by atoms with E-state index in [1.54, 1.807) is 12.4 Å². The molecule has 0 bridgehead atoms. The Bertz CT molecular complexity index is 683. The van der Waals surface area contributed by atoms with Crippen LogP contribution in [0.5, 0.6) is 0 Å². The van der Waals surface area contributed by atoms with Gasteiger partial charge in [0.1, 0.15) is 4.88 Å². The summed E-state index contributed by atoms with van der Waals surface area (Å²) in [6.07, 6.45) is 3.90. The molecule has 2 rings (SSSR count). The highest BCUT2D eigenvalue weighted by atomic mass is 32.1. The molecule has 0 atom stereocenters. The number of carbonyl (C=O) groups is 1. The molecule has 0 saturated carbocycles. The summed E-state index contributed by atoms with van der Waals surface area (Å²) in [5.74, 6) is 5.61. The summed E-state index contributed by atoms with van der Waals surface area (Å²) in [4.78, 5) is 16.9. The zero-order chi connectivity index (χ0) is 15.1. The molecule has 1 amide bonds. The molecule has 2 heterocycles. The first kappa shape index (κ1) is 15.2. The summed E-state index contributed by atoms with van der Waals surface area (Å²) in [6.45, 7) is 2.46. The molecule has 21 heavy (non-hydrogen) atoms. The second-order valence-electron chi connectivity index (χ2n) is 4.42. The van der Waals surface area contributed by atoms with Crippen LogP contribution in [0.25, 0.3) is 0 Å². The van der Waals surface area contributed by atoms with Gasteiger partial charge in [-0.05, 0) is 35.6 Å². The first-order valence-electron chi connectivity index (χ1n) is 6.57. The first-order valence-corrected chi connectivity index (χ1v) is 7.45. The van der Waals surface area contributed by atoms with Gasteiger partial charge in [0, 0.05) is 30.9 Å². The summed E-state index contributed by atoms with van der Waals surface area (Å²) >= 11 is 1.36. The lowest BCUT2D eigenvalue weighted by Crippen LogP contribution is -2.23. The first-order chi connectivity index (χ1) is 10.2. The smallest absolute Gasteiger partial charge is 0.262 e. The average Bonchev–Trinajstić information content (AvgIpc) is 2.95. The number of aromatic nitrogens is 1. The minimum atomic E-state index is -0.137. The summed E-state index contributed by atoms with van der Waals surface area (Å²) in [7, 11) is 0. The number of pyridine rings is 1. The predicted octanol–water partition coefficient (Wildman–Crippen LogP) is 2.12. The number of aryl methyl sites for hydroxylation is 1. The Balaban J connectivity index is 2.03. The van der Waals surface area contributed by atoms with Crippen molar-refractivity contribution in [3.63, 3.8) is 0 Å². The molecule has 0 aliphatic rings. The standard InChI is InChI=1S/C16H16N2O2S/c1-12-5-7-17-10-14(12)11-18-16(20)15-13(6-9-21-15)4-2-3-8-19/h5-7,9-10,19H,3,8,11H2,1H3,(H,18,20). The third kappa shape index (κ3) is 4.15. The van der Waals surface area contributed by atoms with E-state index < -0.39 is 0 Å². The molecule has 0 saturated heterocycles. The normalized spacial score (nSPS) is 9.81. The van der Waals surface area contributed by atoms with E-state index >= 15 is 0 Å². The Morgan fingerprint density at radius 3 is 3.10 bits per heavy atom. The lowest BCUT2D eigenvalue weighted by atomic mass is 10.1. The third-order valence-electron chi connectivity index (χ3n) is 2.92. The minimum absolute atomic E-state index is 0.0267. The van der Waals surface area contributed by atoms with E-state index in [9.17, 15) is 4.79 Å². The Labute approximate surface area is 127 Å². The molecule has 0 spiro atoms. The van der Waals surface area contributed by atoms with Gasteiger partial charge in [-0.25, -0.2) is 0 Å². The van der Waals surface area contributed by atoms with Gasteiger partial charge in [0.2, 0.25) is 0 Å². The molecule has 0 unspecified atom stereocenters. The Morgan fingerprint density at radius 1 is 1.48 bits per heavy atom. The van der Waals surface area contributed by atoms with E-state index in [1.165, 1.54) is 11.3 Å². The van der Waals surface area contributed by atoms with Gasteiger partial charge in [0.05, 0.1) is 6.61 Å². The van der Waals surface area contributed by atoms with E-state index in [4.69, 9.17) is 5.11 Å². The molecule has 0 fully saturated rings. The third-order valence-corrected chi connectivity index (χ3v) is 3.83. The molecule has 0 aromatic carbocycles. The van der Waals surface area contributed by atoms with Crippen LogP contribution in [0.1, 0.15) is 32.8 Å². The Hall–Kier alpha value is -2.16. The molecule has 5 heteroatoms. The second-order valence-corrected chi connectivity index (χ2v) is 5.34. The highest BCUT2D eigenvalue weighted by molar-refractivity contribution is 7.12. The van der Waals surface area contributed by atoms with Crippen molar-refractivity contribution >= 4 is 17.2 Å². The van der Waals surface area contributed by atoms with Crippen LogP contribution in [0.3, 0.4) is 0 Å². The number of carbonyl (C=O) groups excluding carboxylic acids is 1. The predicted molar refractivity (Wildman–Crippen MR) is 83.0 cm³/mol. The molecule has 2 N–H and O–H groups in total. The van der Waals surface area contributed by atoms with Crippen LogP contribution in [-0.2, 0) is 6.54 Å². The summed E-state index contributed by atoms with van der Waals surface area (Å²) < 4.78 is 0. The molecular weight excluding hydrogens is 284 g/mol. The largest absolute Gasteiger partial charge is 0.395 e. The number of rotatable bonds is 4. The van der Waals surface area contributed by atoms with E-state index in [0.29, 0.717) is 23.4 Å². The summed E-state index contributed by atoms with van der Waals surface area (Å²) in [6, 6.07) is 3.73. The fourth-order valence-electron chi connectivity index (χ4n) is 1.73. The lowest BCUT2D eigenvalue weighted by Gasteiger charge is -2.06. The summed E-state index contributed by atoms with van der Waals surface area (Å²) in [5, 5.41) is 13.5. The Morgan fingerprint density at radius 2 is 2.33 bits per heavy atom. The molecule has 0 aliphatic heterocycles. The maximum absolute atomic E-state index is 12.2. The van der Waals surface area contributed by atoms with Crippen molar-refractivity contribution in [3.05, 3.63) is 51.5 Å². The van der Waals surface area contributed by atoms with Crippen LogP contribution in [0, 0.1) is 18.8 Å². The molecule has 0 aliphatic carbocycles. The van der Waals surface area contributed by atoms with E-state index in [1.807, 2.05) is 24.4 Å².